The van der Waals surface area contributed by atoms with Gasteiger partial charge in [0.2, 0.25) is 0 Å². The van der Waals surface area contributed by atoms with Crippen LogP contribution in [0.3, 0.4) is 0 Å². The van der Waals surface area contributed by atoms with Gasteiger partial charge >= 0.3 is 0 Å². The van der Waals surface area contributed by atoms with E-state index in [4.69, 9.17) is 9.97 Å². The summed E-state index contributed by atoms with van der Waals surface area (Å²) in [7, 11) is 0. The van der Waals surface area contributed by atoms with Crippen molar-refractivity contribution in [1.82, 2.24) is 14.5 Å². The summed E-state index contributed by atoms with van der Waals surface area (Å²) in [5, 5.41) is 13.5. The van der Waals surface area contributed by atoms with Crippen LogP contribution < -0.4 is 0 Å². The number of nitrogens with zero attached hydrogens (tertiary/aromatic N) is 3. The Balaban J connectivity index is 0.00000533. The third kappa shape index (κ3) is 8.59. The SMILES string of the molecule is CC(C)(C)c1cc(-c2cc(-c3[c-]c(-c4cccc(-c5ccc6c7ccccc7n(-c7cccc(-c8ccccc8)c7)c6c5)n4)ccc3)nc(-c3ccccc3O)c2)cc(C(C)(C)C)c1.[Pt]. The molecule has 0 saturated carbocycles. The second-order valence-corrected chi connectivity index (χ2v) is 18.8. The average molecular weight is 1020 g/mol. The molecular formula is C60H50N3OPt-. The molecule has 4 nitrogen and oxygen atoms in total. The van der Waals surface area contributed by atoms with Gasteiger partial charge in [0.05, 0.1) is 22.4 Å². The first-order valence-corrected chi connectivity index (χ1v) is 22.0. The van der Waals surface area contributed by atoms with Crippen molar-refractivity contribution in [3.05, 3.63) is 205 Å². The van der Waals surface area contributed by atoms with Gasteiger partial charge in [0.25, 0.3) is 0 Å². The maximum atomic E-state index is 11.1. The van der Waals surface area contributed by atoms with Gasteiger partial charge in [-0.3, -0.25) is 9.97 Å². The van der Waals surface area contributed by atoms with Crippen LogP contribution in [0.1, 0.15) is 52.7 Å². The average Bonchev–Trinajstić information content (AvgIpc) is 3.65. The van der Waals surface area contributed by atoms with E-state index in [1.807, 2.05) is 24.3 Å². The molecule has 0 aliphatic carbocycles. The number of phenolic OH excluding ortho intramolecular Hbond substituents is 1. The Morgan fingerprint density at radius 2 is 1.00 bits per heavy atom. The van der Waals surface area contributed by atoms with Gasteiger partial charge < -0.3 is 9.67 Å². The standard InChI is InChI=1S/C60H50N3O.Pt/c1-59(2,3)46-32-44(33-47(38-46)60(4,5)6)45-35-54(62-55(36-45)51-24-11-13-28-58(51)64)42-21-14-20-41(31-42)52-25-16-26-53(61-52)43-29-30-50-49-23-10-12-27-56(49)63(57(50)37-43)48-22-15-19-40(34-48)39-17-8-7-9-18-39;/h7-30,32-38,64H,1-6H3;/q-1;. The van der Waals surface area contributed by atoms with E-state index >= 15 is 0 Å². The minimum Gasteiger partial charge on any atom is -0.507 e. The number of aromatic nitrogens is 3. The van der Waals surface area contributed by atoms with Crippen molar-refractivity contribution < 1.29 is 26.2 Å². The molecule has 0 aliphatic heterocycles. The first-order chi connectivity index (χ1) is 30.9. The maximum Gasteiger partial charge on any atom is 0.124 e. The third-order valence-corrected chi connectivity index (χ3v) is 12.3. The molecule has 7 aromatic carbocycles. The molecule has 0 amide bonds. The van der Waals surface area contributed by atoms with Crippen LogP contribution in [0.5, 0.6) is 5.75 Å². The van der Waals surface area contributed by atoms with Crippen molar-refractivity contribution in [2.45, 2.75) is 52.4 Å². The Morgan fingerprint density at radius 1 is 0.415 bits per heavy atom. The predicted octanol–water partition coefficient (Wildman–Crippen LogP) is 15.7. The quantitative estimate of drug-likeness (QED) is 0.162. The zero-order valence-electron chi connectivity index (χ0n) is 37.5. The normalized spacial score (nSPS) is 11.8. The number of hydrogen-bond donors (Lipinski definition) is 1. The van der Waals surface area contributed by atoms with E-state index in [9.17, 15) is 5.11 Å². The van der Waals surface area contributed by atoms with E-state index in [2.05, 4.69) is 210 Å². The van der Waals surface area contributed by atoms with Crippen LogP contribution in [-0.2, 0) is 31.9 Å². The number of phenols is 1. The molecule has 3 heterocycles. The monoisotopic (exact) mass is 1020 g/mol. The summed E-state index contributed by atoms with van der Waals surface area (Å²) in [6.45, 7) is 13.6. The summed E-state index contributed by atoms with van der Waals surface area (Å²) in [4.78, 5) is 10.5. The first kappa shape index (κ1) is 43.4. The molecule has 0 aliphatic rings. The number of pyridine rings is 2. The second-order valence-electron chi connectivity index (χ2n) is 18.8. The van der Waals surface area contributed by atoms with E-state index in [-0.39, 0.29) is 37.6 Å². The van der Waals surface area contributed by atoms with Gasteiger partial charge in [0, 0.05) is 60.0 Å². The zero-order valence-corrected chi connectivity index (χ0v) is 39.8. The van der Waals surface area contributed by atoms with Crippen molar-refractivity contribution in [2.75, 3.05) is 0 Å². The molecule has 10 rings (SSSR count). The van der Waals surface area contributed by atoms with Crippen LogP contribution in [0.25, 0.3) is 94.8 Å². The van der Waals surface area contributed by atoms with Gasteiger partial charge in [-0.05, 0) is 92.7 Å². The Kier molecular flexibility index (Phi) is 11.5. The van der Waals surface area contributed by atoms with E-state index in [1.54, 1.807) is 6.07 Å². The number of benzene rings is 7. The zero-order chi connectivity index (χ0) is 44.2. The van der Waals surface area contributed by atoms with Crippen molar-refractivity contribution >= 4 is 21.8 Å². The molecule has 5 heteroatoms. The summed E-state index contributed by atoms with van der Waals surface area (Å²) < 4.78 is 2.37. The summed E-state index contributed by atoms with van der Waals surface area (Å²) in [5.41, 5.74) is 16.9. The van der Waals surface area contributed by atoms with Crippen molar-refractivity contribution in [1.29, 1.82) is 0 Å². The predicted molar refractivity (Wildman–Crippen MR) is 267 cm³/mol. The van der Waals surface area contributed by atoms with Crippen LogP contribution in [0.15, 0.2) is 188 Å². The van der Waals surface area contributed by atoms with Gasteiger partial charge in [0.15, 0.2) is 0 Å². The molecule has 0 atom stereocenters. The van der Waals surface area contributed by atoms with Crippen LogP contribution in [0.2, 0.25) is 0 Å². The van der Waals surface area contributed by atoms with Gasteiger partial charge in [-0.15, -0.1) is 24.3 Å². The molecule has 0 bridgehead atoms. The van der Waals surface area contributed by atoms with Crippen LogP contribution in [0.4, 0.5) is 0 Å². The fraction of sp³-hybridized carbons (Fsp3) is 0.133. The summed E-state index contributed by atoms with van der Waals surface area (Å²) in [6.07, 6.45) is 0. The van der Waals surface area contributed by atoms with Gasteiger partial charge in [-0.25, -0.2) is 0 Å². The minimum atomic E-state index is -0.0469. The Hall–Kier alpha value is -6.87. The summed E-state index contributed by atoms with van der Waals surface area (Å²) in [6, 6.07) is 69.3. The largest absolute Gasteiger partial charge is 0.507 e. The van der Waals surface area contributed by atoms with Crippen LogP contribution in [-0.4, -0.2) is 19.6 Å². The summed E-state index contributed by atoms with van der Waals surface area (Å²) in [5.74, 6) is 0.190. The molecule has 3 aromatic heterocycles. The third-order valence-electron chi connectivity index (χ3n) is 12.3. The minimum absolute atomic E-state index is 0. The second kappa shape index (κ2) is 17.3. The number of aromatic hydroxyl groups is 1. The molecule has 0 saturated heterocycles. The molecule has 1 N–H and O–H groups in total. The molecule has 0 spiro atoms. The molecule has 0 radical (unpaired) electrons. The van der Waals surface area contributed by atoms with Crippen LogP contribution in [0, 0.1) is 6.07 Å². The molecule has 65 heavy (non-hydrogen) atoms. The Morgan fingerprint density at radius 3 is 1.75 bits per heavy atom. The number of hydrogen-bond acceptors (Lipinski definition) is 3. The van der Waals surface area contributed by atoms with Gasteiger partial charge in [-0.1, -0.05) is 174 Å². The van der Waals surface area contributed by atoms with Gasteiger partial charge in [-0.2, -0.15) is 0 Å². The fourth-order valence-corrected chi connectivity index (χ4v) is 8.70. The van der Waals surface area contributed by atoms with E-state index in [1.165, 1.54) is 33.0 Å². The number of para-hydroxylation sites is 2. The van der Waals surface area contributed by atoms with E-state index in [0.717, 1.165) is 61.6 Å². The number of fused-ring (bicyclic) bond motifs is 3. The van der Waals surface area contributed by atoms with Crippen molar-refractivity contribution in [3.63, 3.8) is 0 Å². The Labute approximate surface area is 396 Å². The maximum absolute atomic E-state index is 11.1. The van der Waals surface area contributed by atoms with Gasteiger partial charge in [0.1, 0.15) is 5.75 Å². The topological polar surface area (TPSA) is 50.9 Å². The molecular weight excluding hydrogens is 974 g/mol. The van der Waals surface area contributed by atoms with E-state index < -0.39 is 0 Å². The van der Waals surface area contributed by atoms with Crippen molar-refractivity contribution in [2.24, 2.45) is 0 Å². The van der Waals surface area contributed by atoms with E-state index in [0.29, 0.717) is 11.3 Å². The summed E-state index contributed by atoms with van der Waals surface area (Å²) >= 11 is 0. The molecule has 10 aromatic rings. The molecule has 322 valence electrons. The Bertz CT molecular complexity index is 3340. The van der Waals surface area contributed by atoms with Crippen LogP contribution >= 0.6 is 0 Å². The smallest absolute Gasteiger partial charge is 0.124 e. The molecule has 0 fully saturated rings. The number of rotatable bonds is 7. The molecule has 0 unspecified atom stereocenters. The van der Waals surface area contributed by atoms with Crippen molar-refractivity contribution in [3.8, 4) is 78.7 Å². The first-order valence-electron chi connectivity index (χ1n) is 22.0. The fourth-order valence-electron chi connectivity index (χ4n) is 8.70.